The van der Waals surface area contributed by atoms with Gasteiger partial charge in [-0.05, 0) is 24.6 Å². The summed E-state index contributed by atoms with van der Waals surface area (Å²) in [5.41, 5.74) is 0.346. The molecule has 0 aliphatic carbocycles. The fraction of sp³-hybridized carbons (Fsp3) is 0.286. The zero-order valence-electron chi connectivity index (χ0n) is 12.0. The minimum absolute atomic E-state index is 0. The molecule has 21 heavy (non-hydrogen) atoms. The summed E-state index contributed by atoms with van der Waals surface area (Å²) in [4.78, 5) is 22.8. The molecule has 0 heterocycles. The van der Waals surface area contributed by atoms with E-state index in [-0.39, 0.29) is 63.7 Å². The largest absolute Gasteiger partial charge is 1.00 e. The number of hydrogen-bond donors (Lipinski definition) is 2. The van der Waals surface area contributed by atoms with E-state index in [1.807, 2.05) is 0 Å². The fourth-order valence-electron chi connectivity index (χ4n) is 1.61. The zero-order chi connectivity index (χ0) is 15.1. The van der Waals surface area contributed by atoms with Gasteiger partial charge < -0.3 is 19.7 Å². The summed E-state index contributed by atoms with van der Waals surface area (Å²) in [7, 11) is 0. The number of ether oxygens (including phenoxy) is 1. The molecule has 1 aromatic rings. The molecule has 108 valence electrons. The molecule has 0 aliphatic rings. The molecule has 0 spiro atoms. The molecule has 7 heteroatoms. The van der Waals surface area contributed by atoms with Crippen molar-refractivity contribution >= 4 is 11.9 Å². The Labute approximate surface area is 165 Å². The molecule has 0 fully saturated rings. The Morgan fingerprint density at radius 3 is 2.43 bits per heavy atom. The fourth-order valence-corrected chi connectivity index (χ4v) is 1.61. The van der Waals surface area contributed by atoms with Gasteiger partial charge in [0.2, 0.25) is 0 Å². The quantitative estimate of drug-likeness (QED) is 0.314. The molecular weight excluding hydrogens is 301 g/mol. The Kier molecular flexibility index (Phi) is 9.76. The average molecular weight is 317 g/mol. The summed E-state index contributed by atoms with van der Waals surface area (Å²) in [5, 5.41) is 23.0. The molecule has 0 saturated heterocycles. The van der Waals surface area contributed by atoms with Gasteiger partial charge in [0.25, 0.3) is 0 Å². The molecule has 0 aliphatic heterocycles. The van der Waals surface area contributed by atoms with Crippen LogP contribution >= 0.6 is 0 Å². The minimum atomic E-state index is -1.40. The Bertz CT molecular complexity index is 489. The van der Waals surface area contributed by atoms with Crippen LogP contribution in [0.3, 0.4) is 0 Å². The number of aliphatic carboxylic acids is 1. The van der Waals surface area contributed by atoms with Gasteiger partial charge in [0, 0.05) is 0 Å². The van der Waals surface area contributed by atoms with Gasteiger partial charge in [0.1, 0.15) is 11.8 Å². The van der Waals surface area contributed by atoms with Crippen LogP contribution in [0.15, 0.2) is 36.9 Å². The van der Waals surface area contributed by atoms with Crippen LogP contribution in [0.1, 0.15) is 18.5 Å². The minimum Gasteiger partial charge on any atom is -0.548 e. The van der Waals surface area contributed by atoms with Crippen LogP contribution in [0.25, 0.3) is 0 Å². The summed E-state index contributed by atoms with van der Waals surface area (Å²) >= 11 is 0. The van der Waals surface area contributed by atoms with Crippen LogP contribution in [0, 0.1) is 0 Å². The Morgan fingerprint density at radius 2 is 2.00 bits per heavy atom. The van der Waals surface area contributed by atoms with Crippen LogP contribution in [0.2, 0.25) is 0 Å². The van der Waals surface area contributed by atoms with E-state index in [0.29, 0.717) is 5.56 Å². The number of aromatic hydroxyl groups is 1. The third-order valence-electron chi connectivity index (χ3n) is 2.58. The normalized spacial score (nSPS) is 12.6. The SMILES string of the molecule is C=CC(NC(C(=O)[O-])c1ccc(O)cc1)C(=O)OCC.[K+]. The summed E-state index contributed by atoms with van der Waals surface area (Å²) < 4.78 is 4.80. The number of phenols is 1. The first-order valence-electron chi connectivity index (χ1n) is 6.04. The molecule has 0 amide bonds. The predicted octanol–water partition coefficient (Wildman–Crippen LogP) is -3.11. The van der Waals surface area contributed by atoms with Gasteiger partial charge in [-0.15, -0.1) is 6.58 Å². The number of hydrogen-bond acceptors (Lipinski definition) is 6. The van der Waals surface area contributed by atoms with Gasteiger partial charge in [-0.3, -0.25) is 10.1 Å². The summed E-state index contributed by atoms with van der Waals surface area (Å²) in [5.74, 6) is -2.00. The molecule has 1 rings (SSSR count). The predicted molar refractivity (Wildman–Crippen MR) is 69.6 cm³/mol. The summed E-state index contributed by atoms with van der Waals surface area (Å²) in [6, 6.07) is 3.36. The van der Waals surface area contributed by atoms with Crippen LogP contribution < -0.4 is 61.8 Å². The Balaban J connectivity index is 0.00000400. The number of carbonyl (C=O) groups is 2. The molecule has 0 bridgehead atoms. The second-order valence-corrected chi connectivity index (χ2v) is 3.98. The molecule has 0 radical (unpaired) electrons. The van der Waals surface area contributed by atoms with E-state index in [0.717, 1.165) is 0 Å². The van der Waals surface area contributed by atoms with E-state index in [4.69, 9.17) is 4.74 Å². The third-order valence-corrected chi connectivity index (χ3v) is 2.58. The molecule has 2 N–H and O–H groups in total. The first-order valence-corrected chi connectivity index (χ1v) is 6.04. The molecule has 6 nitrogen and oxygen atoms in total. The maximum Gasteiger partial charge on any atom is 1.00 e. The van der Waals surface area contributed by atoms with E-state index in [9.17, 15) is 19.8 Å². The molecule has 2 atom stereocenters. The number of carboxylic acids is 1. The second kappa shape index (κ2) is 10.1. The maximum absolute atomic E-state index is 11.6. The van der Waals surface area contributed by atoms with Crippen molar-refractivity contribution in [2.75, 3.05) is 6.61 Å². The van der Waals surface area contributed by atoms with E-state index in [2.05, 4.69) is 11.9 Å². The maximum atomic E-state index is 11.6. The summed E-state index contributed by atoms with van der Waals surface area (Å²) in [6.07, 6.45) is 1.26. The zero-order valence-corrected chi connectivity index (χ0v) is 15.2. The molecule has 0 aromatic heterocycles. The Hall–Kier alpha value is -0.704. The third kappa shape index (κ3) is 6.29. The molecule has 2 unspecified atom stereocenters. The standard InChI is InChI=1S/C14H17NO5.K/c1-3-11(14(19)20-4-2)15-12(13(17)18)9-5-7-10(16)8-6-9;/h3,5-8,11-12,15-16H,1,4H2,2H3,(H,17,18);/q;+1/p-1. The first kappa shape index (κ1) is 20.3. The van der Waals surface area contributed by atoms with Gasteiger partial charge >= 0.3 is 57.4 Å². The summed E-state index contributed by atoms with van der Waals surface area (Å²) in [6.45, 7) is 5.30. The monoisotopic (exact) mass is 317 g/mol. The Morgan fingerprint density at radius 1 is 1.43 bits per heavy atom. The number of esters is 1. The van der Waals surface area contributed by atoms with E-state index in [1.165, 1.54) is 30.3 Å². The second-order valence-electron chi connectivity index (χ2n) is 3.98. The smallest absolute Gasteiger partial charge is 0.548 e. The first-order chi connectivity index (χ1) is 9.49. The van der Waals surface area contributed by atoms with Crippen molar-refractivity contribution in [3.63, 3.8) is 0 Å². The molecule has 1 aromatic carbocycles. The van der Waals surface area contributed by atoms with Crippen molar-refractivity contribution in [3.8, 4) is 5.75 Å². The van der Waals surface area contributed by atoms with E-state index < -0.39 is 24.0 Å². The topological polar surface area (TPSA) is 98.7 Å². The number of phenolic OH excluding ortho intramolecular Hbond substituents is 1. The van der Waals surface area contributed by atoms with Gasteiger partial charge in [-0.1, -0.05) is 18.2 Å². The van der Waals surface area contributed by atoms with Crippen LogP contribution in [-0.4, -0.2) is 29.7 Å². The molecule has 0 saturated carbocycles. The van der Waals surface area contributed by atoms with Crippen molar-refractivity contribution in [2.45, 2.75) is 19.0 Å². The van der Waals surface area contributed by atoms with Crippen LogP contribution in [-0.2, 0) is 14.3 Å². The van der Waals surface area contributed by atoms with Gasteiger partial charge in [0.15, 0.2) is 0 Å². The van der Waals surface area contributed by atoms with Crippen molar-refractivity contribution in [1.29, 1.82) is 0 Å². The van der Waals surface area contributed by atoms with E-state index in [1.54, 1.807) is 6.92 Å². The van der Waals surface area contributed by atoms with Crippen molar-refractivity contribution in [3.05, 3.63) is 42.5 Å². The van der Waals surface area contributed by atoms with Gasteiger partial charge in [-0.2, -0.15) is 0 Å². The van der Waals surface area contributed by atoms with Gasteiger partial charge in [0.05, 0.1) is 18.6 Å². The van der Waals surface area contributed by atoms with Crippen molar-refractivity contribution < 1.29 is 75.9 Å². The number of rotatable bonds is 7. The van der Waals surface area contributed by atoms with Crippen LogP contribution in [0.4, 0.5) is 0 Å². The number of nitrogens with one attached hydrogen (secondary N) is 1. The number of carbonyl (C=O) groups excluding carboxylic acids is 2. The van der Waals surface area contributed by atoms with Crippen LogP contribution in [0.5, 0.6) is 5.75 Å². The number of benzene rings is 1. The van der Waals surface area contributed by atoms with Crippen molar-refractivity contribution in [1.82, 2.24) is 5.32 Å². The molecular formula is C14H16KNO5. The van der Waals surface area contributed by atoms with E-state index >= 15 is 0 Å². The average Bonchev–Trinajstić information content (AvgIpc) is 2.41. The van der Waals surface area contributed by atoms with Crippen molar-refractivity contribution in [2.24, 2.45) is 0 Å². The number of carboxylic acid groups (broad SMARTS) is 1. The van der Waals surface area contributed by atoms with Gasteiger partial charge in [-0.25, -0.2) is 0 Å².